The average Bonchev–Trinajstić information content (AvgIpc) is 3.18. The first-order valence-electron chi connectivity index (χ1n) is 10.2. The van der Waals surface area contributed by atoms with Gasteiger partial charge >= 0.3 is 0 Å². The molecule has 6 heteroatoms. The molecule has 1 aliphatic rings. The molecule has 1 aromatic heterocycles. The van der Waals surface area contributed by atoms with E-state index in [-0.39, 0.29) is 11.3 Å². The second-order valence-electron chi connectivity index (χ2n) is 7.58. The van der Waals surface area contributed by atoms with Crippen LogP contribution >= 0.6 is 23.4 Å². The second kappa shape index (κ2) is 8.78. The fraction of sp³-hybridized carbons (Fsp3) is 0.292. The van der Waals surface area contributed by atoms with Gasteiger partial charge in [0.1, 0.15) is 5.37 Å². The third-order valence-electron chi connectivity index (χ3n) is 5.43. The summed E-state index contributed by atoms with van der Waals surface area (Å²) < 4.78 is 2.06. The third kappa shape index (κ3) is 3.84. The molecule has 0 spiro atoms. The lowest BCUT2D eigenvalue weighted by Crippen LogP contribution is -2.32. The Morgan fingerprint density at radius 2 is 1.90 bits per heavy atom. The average molecular weight is 440 g/mol. The van der Waals surface area contributed by atoms with Crippen molar-refractivity contribution >= 4 is 45.7 Å². The maximum atomic E-state index is 13.4. The number of rotatable bonds is 7. The molecule has 2 aromatic carbocycles. The smallest absolute Gasteiger partial charge is 0.257 e. The van der Waals surface area contributed by atoms with Crippen LogP contribution in [0.5, 0.6) is 0 Å². The highest BCUT2D eigenvalue weighted by atomic mass is 35.5. The van der Waals surface area contributed by atoms with Crippen molar-refractivity contribution in [3.05, 3.63) is 76.6 Å². The van der Waals surface area contributed by atoms with Crippen molar-refractivity contribution in [2.75, 3.05) is 12.8 Å². The lowest BCUT2D eigenvalue weighted by Gasteiger charge is -2.23. The van der Waals surface area contributed by atoms with Crippen LogP contribution < -0.4 is 5.32 Å². The van der Waals surface area contributed by atoms with E-state index >= 15 is 0 Å². The van der Waals surface area contributed by atoms with Gasteiger partial charge in [0.2, 0.25) is 0 Å². The number of benzene rings is 2. The van der Waals surface area contributed by atoms with Gasteiger partial charge in [-0.05, 0) is 35.9 Å². The van der Waals surface area contributed by atoms with Crippen molar-refractivity contribution in [2.45, 2.75) is 25.3 Å². The quantitative estimate of drug-likeness (QED) is 0.544. The van der Waals surface area contributed by atoms with Gasteiger partial charge in [-0.15, -0.1) is 11.8 Å². The summed E-state index contributed by atoms with van der Waals surface area (Å²) in [5.74, 6) is 1.04. The van der Waals surface area contributed by atoms with Gasteiger partial charge in [-0.2, -0.15) is 0 Å². The molecule has 4 rings (SSSR count). The Bertz CT molecular complexity index is 1110. The number of thioether (sulfide) groups is 1. The number of halogens is 1. The molecule has 0 fully saturated rings. The number of hydrogen-bond acceptors (Lipinski definition) is 3. The molecule has 1 unspecified atom stereocenters. The lowest BCUT2D eigenvalue weighted by molar-refractivity contribution is -0.122. The van der Waals surface area contributed by atoms with Crippen LogP contribution in [0.15, 0.2) is 60.4 Å². The molecule has 30 heavy (non-hydrogen) atoms. The summed E-state index contributed by atoms with van der Waals surface area (Å²) in [4.78, 5) is 15.3. The normalized spacial score (nSPS) is 16.7. The van der Waals surface area contributed by atoms with E-state index in [0.717, 1.165) is 39.9 Å². The molecule has 0 radical (unpaired) electrons. The van der Waals surface area contributed by atoms with E-state index in [9.17, 15) is 4.79 Å². The van der Waals surface area contributed by atoms with Crippen LogP contribution in [-0.4, -0.2) is 33.5 Å². The lowest BCUT2D eigenvalue weighted by atomic mass is 10.0. The standard InChI is InChI=1S/C24H26ClN3OS/c1-4-12-30-24-22(26-14-16-8-6-5-7-9-16)21(23(29)28(24)3)19-15-27(2)20-11-10-17(25)13-18(19)20/h5-11,13,15,24,26H,4,12,14H2,1-3H3. The molecule has 4 nitrogen and oxygen atoms in total. The van der Waals surface area contributed by atoms with Crippen molar-refractivity contribution in [2.24, 2.45) is 7.05 Å². The topological polar surface area (TPSA) is 37.3 Å². The van der Waals surface area contributed by atoms with E-state index < -0.39 is 0 Å². The highest BCUT2D eigenvalue weighted by Crippen LogP contribution is 2.39. The van der Waals surface area contributed by atoms with Crippen LogP contribution in [0.3, 0.4) is 0 Å². The van der Waals surface area contributed by atoms with Crippen LogP contribution in [0.2, 0.25) is 5.02 Å². The zero-order chi connectivity index (χ0) is 21.3. The van der Waals surface area contributed by atoms with Gasteiger partial charge in [0.25, 0.3) is 5.91 Å². The molecule has 0 aliphatic carbocycles. The van der Waals surface area contributed by atoms with E-state index in [2.05, 4.69) is 28.9 Å². The summed E-state index contributed by atoms with van der Waals surface area (Å²) >= 11 is 8.11. The molecule has 0 saturated heterocycles. The Balaban J connectivity index is 1.83. The molecule has 1 aliphatic heterocycles. The molecule has 1 N–H and O–H groups in total. The van der Waals surface area contributed by atoms with Crippen molar-refractivity contribution in [3.63, 3.8) is 0 Å². The van der Waals surface area contributed by atoms with Crippen LogP contribution in [0.1, 0.15) is 24.5 Å². The molecule has 156 valence electrons. The Labute approximate surface area is 186 Å². The summed E-state index contributed by atoms with van der Waals surface area (Å²) in [6.07, 6.45) is 3.10. The zero-order valence-corrected chi connectivity index (χ0v) is 19.1. The predicted molar refractivity (Wildman–Crippen MR) is 127 cm³/mol. The number of nitrogens with one attached hydrogen (secondary N) is 1. The first-order valence-corrected chi connectivity index (χ1v) is 11.6. The highest BCUT2D eigenvalue weighted by Gasteiger charge is 2.38. The number of aryl methyl sites for hydroxylation is 1. The number of carbonyl (C=O) groups excluding carboxylic acids is 1. The zero-order valence-electron chi connectivity index (χ0n) is 17.5. The van der Waals surface area contributed by atoms with Crippen molar-refractivity contribution in [1.82, 2.24) is 14.8 Å². The minimum atomic E-state index is -0.0226. The van der Waals surface area contributed by atoms with Crippen LogP contribution in [0, 0.1) is 0 Å². The predicted octanol–water partition coefficient (Wildman–Crippen LogP) is 5.27. The monoisotopic (exact) mass is 439 g/mol. The number of nitrogens with zero attached hydrogens (tertiary/aromatic N) is 2. The van der Waals surface area contributed by atoms with E-state index in [4.69, 9.17) is 11.6 Å². The summed E-state index contributed by atoms with van der Waals surface area (Å²) in [6.45, 7) is 2.84. The number of aromatic nitrogens is 1. The first-order chi connectivity index (χ1) is 14.5. The number of hydrogen-bond donors (Lipinski definition) is 1. The second-order valence-corrected chi connectivity index (χ2v) is 9.21. The third-order valence-corrected chi connectivity index (χ3v) is 7.18. The fourth-order valence-electron chi connectivity index (χ4n) is 3.93. The van der Waals surface area contributed by atoms with Crippen molar-refractivity contribution in [1.29, 1.82) is 0 Å². The Hall–Kier alpha value is -2.37. The maximum Gasteiger partial charge on any atom is 0.257 e. The first kappa shape index (κ1) is 20.9. The van der Waals surface area contributed by atoms with Crippen LogP contribution in [-0.2, 0) is 18.4 Å². The maximum absolute atomic E-state index is 13.4. The van der Waals surface area contributed by atoms with Crippen molar-refractivity contribution < 1.29 is 4.79 Å². The fourth-order valence-corrected chi connectivity index (χ4v) is 5.25. The highest BCUT2D eigenvalue weighted by molar-refractivity contribution is 8.00. The number of carbonyl (C=O) groups is 1. The van der Waals surface area contributed by atoms with Gasteiger partial charge in [-0.3, -0.25) is 4.79 Å². The van der Waals surface area contributed by atoms with E-state index in [1.54, 1.807) is 11.8 Å². The number of likely N-dealkylation sites (N-methyl/N-ethyl adjacent to an activating group) is 1. The summed E-state index contributed by atoms with van der Waals surface area (Å²) in [5.41, 5.74) is 4.91. The SMILES string of the molecule is CCCSC1C(NCc2ccccc2)=C(c2cn(C)c3ccc(Cl)cc23)C(=O)N1C. The van der Waals surface area contributed by atoms with Gasteiger partial charge in [0.05, 0.1) is 11.3 Å². The van der Waals surface area contributed by atoms with E-state index in [1.165, 1.54) is 5.56 Å². The van der Waals surface area contributed by atoms with E-state index in [0.29, 0.717) is 11.6 Å². The van der Waals surface area contributed by atoms with Crippen LogP contribution in [0.4, 0.5) is 0 Å². The van der Waals surface area contributed by atoms with Gasteiger partial charge in [0.15, 0.2) is 0 Å². The summed E-state index contributed by atoms with van der Waals surface area (Å²) in [5, 5.41) is 5.26. The molecule has 3 aromatic rings. The summed E-state index contributed by atoms with van der Waals surface area (Å²) in [7, 11) is 3.90. The number of amides is 1. The molecule has 0 bridgehead atoms. The summed E-state index contributed by atoms with van der Waals surface area (Å²) in [6, 6.07) is 16.1. The Morgan fingerprint density at radius 1 is 1.13 bits per heavy atom. The van der Waals surface area contributed by atoms with Gasteiger partial charge in [-0.25, -0.2) is 0 Å². The Kier molecular flexibility index (Phi) is 6.11. The van der Waals surface area contributed by atoms with Gasteiger partial charge in [-0.1, -0.05) is 48.9 Å². The van der Waals surface area contributed by atoms with Gasteiger partial charge < -0.3 is 14.8 Å². The number of fused-ring (bicyclic) bond motifs is 1. The molecular weight excluding hydrogens is 414 g/mol. The molecule has 1 atom stereocenters. The molecule has 0 saturated carbocycles. The molecule has 1 amide bonds. The minimum absolute atomic E-state index is 0.0226. The Morgan fingerprint density at radius 3 is 2.63 bits per heavy atom. The van der Waals surface area contributed by atoms with Crippen molar-refractivity contribution in [3.8, 4) is 0 Å². The molecular formula is C24H26ClN3OS. The van der Waals surface area contributed by atoms with Gasteiger partial charge in [0, 0.05) is 48.3 Å². The molecule has 2 heterocycles. The minimum Gasteiger partial charge on any atom is -0.381 e. The van der Waals surface area contributed by atoms with E-state index in [1.807, 2.05) is 61.6 Å². The largest absolute Gasteiger partial charge is 0.381 e. The van der Waals surface area contributed by atoms with Crippen LogP contribution in [0.25, 0.3) is 16.5 Å².